The molecular formula is C21H32N4OS. The van der Waals surface area contributed by atoms with E-state index in [4.69, 9.17) is 4.74 Å². The fraction of sp³-hybridized carbons (Fsp3) is 0.714. The summed E-state index contributed by atoms with van der Waals surface area (Å²) in [6.07, 6.45) is 6.61. The third-order valence-corrected chi connectivity index (χ3v) is 7.88. The second-order valence-corrected chi connectivity index (χ2v) is 9.65. The zero-order valence-electron chi connectivity index (χ0n) is 16.9. The molecule has 2 aromatic heterocycles. The van der Waals surface area contributed by atoms with Crippen molar-refractivity contribution in [2.45, 2.75) is 46.5 Å². The lowest BCUT2D eigenvalue weighted by molar-refractivity contribution is 0.0398. The number of thiophene rings is 1. The van der Waals surface area contributed by atoms with Gasteiger partial charge in [-0.25, -0.2) is 9.97 Å². The number of rotatable bonds is 6. The molecule has 0 unspecified atom stereocenters. The minimum absolute atomic E-state index is 0.394. The summed E-state index contributed by atoms with van der Waals surface area (Å²) in [5.74, 6) is 1.77. The van der Waals surface area contributed by atoms with Crippen LogP contribution in [0.1, 0.15) is 44.1 Å². The largest absolute Gasteiger partial charge is 0.379 e. The maximum Gasteiger partial charge on any atom is 0.138 e. The molecule has 0 saturated carbocycles. The Morgan fingerprint density at radius 1 is 1.30 bits per heavy atom. The standard InChI is InChI=1S/C21H32N4OS/c1-4-21(2,3)15-5-6-17-16(13-15)18-19(23-14-24-20(18)27-17)22-7-8-25-9-11-26-12-10-25/h14-15H,4-13H2,1-3H3,(H,22,23,24)/t15-/m0/s1. The van der Waals surface area contributed by atoms with E-state index in [0.29, 0.717) is 5.41 Å². The third kappa shape index (κ3) is 3.98. The Labute approximate surface area is 166 Å². The molecule has 0 amide bonds. The minimum atomic E-state index is 0.394. The Morgan fingerprint density at radius 2 is 2.11 bits per heavy atom. The molecule has 1 atom stereocenters. The first-order valence-electron chi connectivity index (χ1n) is 10.4. The lowest BCUT2D eigenvalue weighted by atomic mass is 9.69. The SMILES string of the molecule is CCC(C)(C)[C@H]1CCc2sc3ncnc(NCCN4CCOCC4)c3c2C1. The second-order valence-electron chi connectivity index (χ2n) is 8.57. The van der Waals surface area contributed by atoms with Gasteiger partial charge in [-0.2, -0.15) is 0 Å². The van der Waals surface area contributed by atoms with Crippen molar-refractivity contribution in [3.8, 4) is 0 Å². The number of nitrogens with zero attached hydrogens (tertiary/aromatic N) is 3. The van der Waals surface area contributed by atoms with E-state index in [1.54, 1.807) is 6.33 Å². The van der Waals surface area contributed by atoms with Crippen molar-refractivity contribution in [3.05, 3.63) is 16.8 Å². The maximum absolute atomic E-state index is 5.44. The Hall–Kier alpha value is -1.24. The van der Waals surface area contributed by atoms with Crippen LogP contribution in [-0.4, -0.2) is 54.3 Å². The highest BCUT2D eigenvalue weighted by atomic mass is 32.1. The van der Waals surface area contributed by atoms with Crippen molar-refractivity contribution >= 4 is 27.4 Å². The molecular weight excluding hydrogens is 356 g/mol. The maximum atomic E-state index is 5.44. The van der Waals surface area contributed by atoms with Crippen LogP contribution >= 0.6 is 11.3 Å². The van der Waals surface area contributed by atoms with Crippen LogP contribution in [0.25, 0.3) is 10.2 Å². The Kier molecular flexibility index (Phi) is 5.67. The van der Waals surface area contributed by atoms with Crippen molar-refractivity contribution in [1.82, 2.24) is 14.9 Å². The van der Waals surface area contributed by atoms with Gasteiger partial charge in [-0.3, -0.25) is 4.90 Å². The Morgan fingerprint density at radius 3 is 2.89 bits per heavy atom. The quantitative estimate of drug-likeness (QED) is 0.811. The van der Waals surface area contributed by atoms with Gasteiger partial charge in [-0.05, 0) is 36.2 Å². The van der Waals surface area contributed by atoms with Gasteiger partial charge in [0.25, 0.3) is 0 Å². The van der Waals surface area contributed by atoms with Crippen LogP contribution in [0, 0.1) is 11.3 Å². The summed E-state index contributed by atoms with van der Waals surface area (Å²) < 4.78 is 5.44. The number of anilines is 1. The van der Waals surface area contributed by atoms with Crippen molar-refractivity contribution < 1.29 is 4.74 Å². The summed E-state index contributed by atoms with van der Waals surface area (Å²) in [4.78, 5) is 14.4. The van der Waals surface area contributed by atoms with Crippen LogP contribution in [-0.2, 0) is 17.6 Å². The van der Waals surface area contributed by atoms with E-state index in [9.17, 15) is 0 Å². The van der Waals surface area contributed by atoms with Gasteiger partial charge >= 0.3 is 0 Å². The molecule has 0 radical (unpaired) electrons. The van der Waals surface area contributed by atoms with Gasteiger partial charge in [0.05, 0.1) is 18.6 Å². The lowest BCUT2D eigenvalue weighted by Gasteiger charge is -2.36. The van der Waals surface area contributed by atoms with E-state index in [0.717, 1.165) is 56.0 Å². The molecule has 6 heteroatoms. The minimum Gasteiger partial charge on any atom is -0.379 e. The normalized spacial score (nSPS) is 21.4. The molecule has 1 fully saturated rings. The average molecular weight is 389 g/mol. The molecule has 1 aliphatic heterocycles. The molecule has 0 aromatic carbocycles. The van der Waals surface area contributed by atoms with Crippen LogP contribution < -0.4 is 5.32 Å². The first-order valence-corrected chi connectivity index (χ1v) is 11.2. The molecule has 27 heavy (non-hydrogen) atoms. The van der Waals surface area contributed by atoms with E-state index in [1.165, 1.54) is 41.5 Å². The van der Waals surface area contributed by atoms with E-state index < -0.39 is 0 Å². The van der Waals surface area contributed by atoms with Gasteiger partial charge in [0.15, 0.2) is 0 Å². The predicted molar refractivity (Wildman–Crippen MR) is 113 cm³/mol. The van der Waals surface area contributed by atoms with E-state index >= 15 is 0 Å². The first kappa shape index (κ1) is 19.1. The van der Waals surface area contributed by atoms with Crippen molar-refractivity contribution in [2.24, 2.45) is 11.3 Å². The highest BCUT2D eigenvalue weighted by Gasteiger charge is 2.33. The molecule has 2 aliphatic rings. The fourth-order valence-electron chi connectivity index (χ4n) is 4.36. The average Bonchev–Trinajstić information content (AvgIpc) is 3.07. The van der Waals surface area contributed by atoms with Crippen LogP contribution in [0.4, 0.5) is 5.82 Å². The summed E-state index contributed by atoms with van der Waals surface area (Å²) in [5.41, 5.74) is 1.91. The molecule has 1 N–H and O–H groups in total. The number of nitrogens with one attached hydrogen (secondary N) is 1. The van der Waals surface area contributed by atoms with Gasteiger partial charge < -0.3 is 10.1 Å². The van der Waals surface area contributed by atoms with Crippen molar-refractivity contribution in [1.29, 1.82) is 0 Å². The highest BCUT2D eigenvalue weighted by Crippen LogP contribution is 2.45. The number of morpholine rings is 1. The van der Waals surface area contributed by atoms with Gasteiger partial charge in [0.1, 0.15) is 17.0 Å². The van der Waals surface area contributed by atoms with Crippen LogP contribution in [0.5, 0.6) is 0 Å². The second kappa shape index (κ2) is 8.02. The number of hydrogen-bond acceptors (Lipinski definition) is 6. The summed E-state index contributed by atoms with van der Waals surface area (Å²) >= 11 is 1.88. The fourth-order valence-corrected chi connectivity index (χ4v) is 5.54. The molecule has 5 nitrogen and oxygen atoms in total. The molecule has 2 aromatic rings. The predicted octanol–water partition coefficient (Wildman–Crippen LogP) is 3.98. The lowest BCUT2D eigenvalue weighted by Crippen LogP contribution is -2.39. The van der Waals surface area contributed by atoms with Gasteiger partial charge in [0, 0.05) is 31.1 Å². The molecule has 0 bridgehead atoms. The summed E-state index contributed by atoms with van der Waals surface area (Å²) in [6.45, 7) is 12.9. The Bertz CT molecular complexity index is 782. The topological polar surface area (TPSA) is 50.3 Å². The Balaban J connectivity index is 1.53. The van der Waals surface area contributed by atoms with Gasteiger partial charge in [-0.15, -0.1) is 11.3 Å². The van der Waals surface area contributed by atoms with Crippen LogP contribution in [0.15, 0.2) is 6.33 Å². The highest BCUT2D eigenvalue weighted by molar-refractivity contribution is 7.19. The van der Waals surface area contributed by atoms with E-state index in [-0.39, 0.29) is 0 Å². The number of fused-ring (bicyclic) bond motifs is 3. The van der Waals surface area contributed by atoms with Crippen molar-refractivity contribution in [2.75, 3.05) is 44.7 Å². The van der Waals surface area contributed by atoms with Crippen LogP contribution in [0.3, 0.4) is 0 Å². The molecule has 0 spiro atoms. The molecule has 3 heterocycles. The smallest absolute Gasteiger partial charge is 0.138 e. The van der Waals surface area contributed by atoms with Gasteiger partial charge in [0.2, 0.25) is 0 Å². The number of ether oxygens (including phenoxy) is 1. The first-order chi connectivity index (χ1) is 13.1. The van der Waals surface area contributed by atoms with Crippen LogP contribution in [0.2, 0.25) is 0 Å². The molecule has 4 rings (SSSR count). The molecule has 1 saturated heterocycles. The summed E-state index contributed by atoms with van der Waals surface area (Å²) in [6, 6.07) is 0. The number of aromatic nitrogens is 2. The van der Waals surface area contributed by atoms with Crippen molar-refractivity contribution in [3.63, 3.8) is 0 Å². The zero-order valence-corrected chi connectivity index (χ0v) is 17.7. The van der Waals surface area contributed by atoms with E-state index in [1.807, 2.05) is 11.3 Å². The number of aryl methyl sites for hydroxylation is 1. The summed E-state index contributed by atoms with van der Waals surface area (Å²) in [5, 5.41) is 4.90. The monoisotopic (exact) mass is 388 g/mol. The molecule has 148 valence electrons. The van der Waals surface area contributed by atoms with E-state index in [2.05, 4.69) is 41.0 Å². The number of hydrogen-bond donors (Lipinski definition) is 1. The summed E-state index contributed by atoms with van der Waals surface area (Å²) in [7, 11) is 0. The van der Waals surface area contributed by atoms with Gasteiger partial charge in [-0.1, -0.05) is 27.2 Å². The molecule has 1 aliphatic carbocycles. The zero-order chi connectivity index (χ0) is 18.9. The third-order valence-electron chi connectivity index (χ3n) is 6.68.